The summed E-state index contributed by atoms with van der Waals surface area (Å²) in [4.78, 5) is 5.07. The molecule has 4 nitrogen and oxygen atoms in total. The maximum atomic E-state index is 9.31. The molecule has 1 unspecified atom stereocenters. The molecule has 0 bridgehead atoms. The van der Waals surface area contributed by atoms with Gasteiger partial charge in [0.05, 0.1) is 0 Å². The highest BCUT2D eigenvalue weighted by Crippen LogP contribution is 2.15. The summed E-state index contributed by atoms with van der Waals surface area (Å²) < 4.78 is 0. The van der Waals surface area contributed by atoms with Gasteiger partial charge in [-0.05, 0) is 37.1 Å². The van der Waals surface area contributed by atoms with Gasteiger partial charge >= 0.3 is 0 Å². The zero-order valence-electron chi connectivity index (χ0n) is 12.5. The van der Waals surface area contributed by atoms with Gasteiger partial charge in [-0.2, -0.15) is 0 Å². The molecule has 0 amide bonds. The van der Waals surface area contributed by atoms with Gasteiger partial charge in [0.15, 0.2) is 0 Å². The molecule has 112 valence electrons. The van der Waals surface area contributed by atoms with Gasteiger partial charge in [-0.1, -0.05) is 19.1 Å². The van der Waals surface area contributed by atoms with Crippen LogP contribution in [0.5, 0.6) is 5.75 Å². The third-order valence-corrected chi connectivity index (χ3v) is 4.24. The first kappa shape index (κ1) is 15.3. The number of rotatable bonds is 6. The van der Waals surface area contributed by atoms with E-state index in [1.165, 1.54) is 12.0 Å². The van der Waals surface area contributed by atoms with Crippen molar-refractivity contribution in [3.05, 3.63) is 29.8 Å². The Morgan fingerprint density at radius 1 is 1.15 bits per heavy atom. The van der Waals surface area contributed by atoms with Gasteiger partial charge < -0.3 is 10.8 Å². The number of phenolic OH excluding ortho intramolecular Hbond substituents is 1. The molecule has 0 saturated carbocycles. The minimum atomic E-state index is 0.339. The fraction of sp³-hybridized carbons (Fsp3) is 0.625. The molecule has 0 spiro atoms. The first-order valence-corrected chi connectivity index (χ1v) is 7.67. The van der Waals surface area contributed by atoms with E-state index in [9.17, 15) is 5.11 Å². The van der Waals surface area contributed by atoms with Gasteiger partial charge in [0, 0.05) is 38.8 Å². The van der Waals surface area contributed by atoms with Crippen molar-refractivity contribution >= 4 is 0 Å². The van der Waals surface area contributed by atoms with Crippen molar-refractivity contribution in [2.45, 2.75) is 32.4 Å². The van der Waals surface area contributed by atoms with Crippen LogP contribution in [0.3, 0.4) is 0 Å². The highest BCUT2D eigenvalue weighted by Gasteiger charge is 2.22. The molecule has 1 atom stereocenters. The SMILES string of the molecule is CCC(CCN)N1CCN(Cc2ccc(O)cc2)CC1. The van der Waals surface area contributed by atoms with E-state index in [4.69, 9.17) is 5.73 Å². The second kappa shape index (κ2) is 7.62. The zero-order chi connectivity index (χ0) is 14.4. The largest absolute Gasteiger partial charge is 0.508 e. The maximum absolute atomic E-state index is 9.31. The highest BCUT2D eigenvalue weighted by atomic mass is 16.3. The molecule has 0 radical (unpaired) electrons. The fourth-order valence-corrected chi connectivity index (χ4v) is 2.98. The Balaban J connectivity index is 1.80. The number of phenols is 1. The Hall–Kier alpha value is -1.10. The minimum Gasteiger partial charge on any atom is -0.508 e. The predicted octanol–water partition coefficient (Wildman–Crippen LogP) is 1.64. The molecule has 0 aromatic heterocycles. The summed E-state index contributed by atoms with van der Waals surface area (Å²) >= 11 is 0. The first-order chi connectivity index (χ1) is 9.72. The molecule has 4 heteroatoms. The predicted molar refractivity (Wildman–Crippen MR) is 82.7 cm³/mol. The number of piperazine rings is 1. The van der Waals surface area contributed by atoms with E-state index in [0.717, 1.165) is 45.7 Å². The zero-order valence-corrected chi connectivity index (χ0v) is 12.5. The smallest absolute Gasteiger partial charge is 0.115 e. The number of aromatic hydroxyl groups is 1. The van der Waals surface area contributed by atoms with Gasteiger partial charge in [-0.3, -0.25) is 9.80 Å². The molecular weight excluding hydrogens is 250 g/mol. The molecule has 1 fully saturated rings. The lowest BCUT2D eigenvalue weighted by atomic mass is 10.1. The second-order valence-electron chi connectivity index (χ2n) is 5.62. The van der Waals surface area contributed by atoms with Crippen molar-refractivity contribution in [3.63, 3.8) is 0 Å². The Labute approximate surface area is 122 Å². The molecule has 1 aromatic rings. The van der Waals surface area contributed by atoms with E-state index < -0.39 is 0 Å². The van der Waals surface area contributed by atoms with Crippen molar-refractivity contribution < 1.29 is 5.11 Å². The average molecular weight is 277 g/mol. The minimum absolute atomic E-state index is 0.339. The van der Waals surface area contributed by atoms with Crippen LogP contribution in [-0.2, 0) is 6.54 Å². The molecule has 20 heavy (non-hydrogen) atoms. The standard InChI is InChI=1S/C16H27N3O/c1-2-15(7-8-17)19-11-9-18(10-12-19)13-14-3-5-16(20)6-4-14/h3-6,15,20H,2,7-13,17H2,1H3. The second-order valence-corrected chi connectivity index (χ2v) is 5.62. The van der Waals surface area contributed by atoms with E-state index in [0.29, 0.717) is 11.8 Å². The van der Waals surface area contributed by atoms with Crippen LogP contribution in [0.4, 0.5) is 0 Å². The van der Waals surface area contributed by atoms with Crippen molar-refractivity contribution in [1.82, 2.24) is 9.80 Å². The molecule has 1 saturated heterocycles. The number of hydrogen-bond donors (Lipinski definition) is 2. The van der Waals surface area contributed by atoms with Crippen LogP contribution in [0.25, 0.3) is 0 Å². The summed E-state index contributed by atoms with van der Waals surface area (Å²) in [5, 5.41) is 9.31. The third-order valence-electron chi connectivity index (χ3n) is 4.24. The highest BCUT2D eigenvalue weighted by molar-refractivity contribution is 5.25. The maximum Gasteiger partial charge on any atom is 0.115 e. The summed E-state index contributed by atoms with van der Waals surface area (Å²) in [6.07, 6.45) is 2.30. The van der Waals surface area contributed by atoms with Crippen LogP contribution in [-0.4, -0.2) is 53.7 Å². The van der Waals surface area contributed by atoms with Crippen LogP contribution in [0.15, 0.2) is 24.3 Å². The lowest BCUT2D eigenvalue weighted by Crippen LogP contribution is -2.50. The molecule has 1 heterocycles. The lowest BCUT2D eigenvalue weighted by molar-refractivity contribution is 0.0871. The van der Waals surface area contributed by atoms with Gasteiger partial charge in [0.1, 0.15) is 5.75 Å². The lowest BCUT2D eigenvalue weighted by Gasteiger charge is -2.39. The average Bonchev–Trinajstić information content (AvgIpc) is 2.48. The Morgan fingerprint density at radius 2 is 1.80 bits per heavy atom. The summed E-state index contributed by atoms with van der Waals surface area (Å²) in [5.41, 5.74) is 6.96. The summed E-state index contributed by atoms with van der Waals surface area (Å²) in [7, 11) is 0. The summed E-state index contributed by atoms with van der Waals surface area (Å²) in [5.74, 6) is 0.339. The van der Waals surface area contributed by atoms with Crippen LogP contribution in [0.2, 0.25) is 0 Å². The van der Waals surface area contributed by atoms with Crippen LogP contribution < -0.4 is 5.73 Å². The number of hydrogen-bond acceptors (Lipinski definition) is 4. The van der Waals surface area contributed by atoms with Crippen molar-refractivity contribution in [2.24, 2.45) is 5.73 Å². The molecule has 1 aliphatic heterocycles. The third kappa shape index (κ3) is 4.20. The summed E-state index contributed by atoms with van der Waals surface area (Å²) in [6.45, 7) is 8.51. The molecule has 3 N–H and O–H groups in total. The first-order valence-electron chi connectivity index (χ1n) is 7.67. The van der Waals surface area contributed by atoms with Crippen LogP contribution in [0.1, 0.15) is 25.3 Å². The van der Waals surface area contributed by atoms with Crippen molar-refractivity contribution in [3.8, 4) is 5.75 Å². The Morgan fingerprint density at radius 3 is 2.35 bits per heavy atom. The molecule has 1 aliphatic rings. The van der Waals surface area contributed by atoms with E-state index >= 15 is 0 Å². The molecular formula is C16H27N3O. The fourth-order valence-electron chi connectivity index (χ4n) is 2.98. The summed E-state index contributed by atoms with van der Waals surface area (Å²) in [6, 6.07) is 8.19. The molecule has 2 rings (SSSR count). The van der Waals surface area contributed by atoms with Gasteiger partial charge in [0.2, 0.25) is 0 Å². The topological polar surface area (TPSA) is 52.7 Å². The van der Waals surface area contributed by atoms with Gasteiger partial charge in [-0.25, -0.2) is 0 Å². The molecule has 0 aliphatic carbocycles. The van der Waals surface area contributed by atoms with E-state index in [1.807, 2.05) is 12.1 Å². The van der Waals surface area contributed by atoms with Crippen molar-refractivity contribution in [2.75, 3.05) is 32.7 Å². The van der Waals surface area contributed by atoms with Gasteiger partial charge in [0.25, 0.3) is 0 Å². The van der Waals surface area contributed by atoms with Crippen LogP contribution >= 0.6 is 0 Å². The van der Waals surface area contributed by atoms with E-state index in [1.54, 1.807) is 12.1 Å². The van der Waals surface area contributed by atoms with Crippen LogP contribution in [0, 0.1) is 0 Å². The van der Waals surface area contributed by atoms with Gasteiger partial charge in [-0.15, -0.1) is 0 Å². The van der Waals surface area contributed by atoms with E-state index in [-0.39, 0.29) is 0 Å². The molecule has 1 aromatic carbocycles. The van der Waals surface area contributed by atoms with E-state index in [2.05, 4.69) is 16.7 Å². The number of nitrogens with two attached hydrogens (primary N) is 1. The number of benzene rings is 1. The van der Waals surface area contributed by atoms with Crippen molar-refractivity contribution in [1.29, 1.82) is 0 Å². The Kier molecular flexibility index (Phi) is 5.83. The monoisotopic (exact) mass is 277 g/mol. The number of nitrogens with zero attached hydrogens (tertiary/aromatic N) is 2. The quantitative estimate of drug-likeness (QED) is 0.830. The Bertz CT molecular complexity index is 385. The normalized spacial score (nSPS) is 19.1.